The molecule has 162 valence electrons. The number of pyridine rings is 1. The minimum atomic E-state index is -0.340. The summed E-state index contributed by atoms with van der Waals surface area (Å²) in [5, 5.41) is 12.1. The van der Waals surface area contributed by atoms with Gasteiger partial charge >= 0.3 is 0 Å². The molecule has 0 radical (unpaired) electrons. The summed E-state index contributed by atoms with van der Waals surface area (Å²) in [5.74, 6) is -0.342. The van der Waals surface area contributed by atoms with E-state index in [1.54, 1.807) is 17.7 Å². The molecule has 2 aromatic heterocycles. The highest BCUT2D eigenvalue weighted by atomic mass is 16.2. The Hall–Kier alpha value is -3.29. The summed E-state index contributed by atoms with van der Waals surface area (Å²) >= 11 is 0. The number of Topliss-reactive ketones (excluding diaryl/α,β-unsaturated/α-hetero) is 1. The Morgan fingerprint density at radius 1 is 1.16 bits per heavy atom. The number of hydrogen-bond acceptors (Lipinski definition) is 5. The number of aromatic nitrogens is 4. The predicted molar refractivity (Wildman–Crippen MR) is 117 cm³/mol. The van der Waals surface area contributed by atoms with Crippen molar-refractivity contribution in [2.45, 2.75) is 65.1 Å². The maximum absolute atomic E-state index is 13.1. The van der Waals surface area contributed by atoms with Crippen molar-refractivity contribution in [2.75, 3.05) is 0 Å². The van der Waals surface area contributed by atoms with Crippen LogP contribution >= 0.6 is 0 Å². The molecule has 31 heavy (non-hydrogen) atoms. The summed E-state index contributed by atoms with van der Waals surface area (Å²) in [7, 11) is 0. The van der Waals surface area contributed by atoms with Crippen molar-refractivity contribution in [2.24, 2.45) is 0 Å². The smallest absolute Gasteiger partial charge is 0.262 e. The van der Waals surface area contributed by atoms with Crippen LogP contribution in [0.1, 0.15) is 60.6 Å². The van der Waals surface area contributed by atoms with Crippen molar-refractivity contribution < 1.29 is 9.59 Å². The zero-order valence-corrected chi connectivity index (χ0v) is 17.9. The first-order valence-corrected chi connectivity index (χ1v) is 10.8. The Labute approximate surface area is 180 Å². The molecule has 1 amide bonds. The highest BCUT2D eigenvalue weighted by Crippen LogP contribution is 2.20. The first-order valence-electron chi connectivity index (χ1n) is 10.8. The second-order valence-corrected chi connectivity index (χ2v) is 8.27. The van der Waals surface area contributed by atoms with Gasteiger partial charge in [-0.2, -0.15) is 0 Å². The number of aryl methyl sites for hydroxylation is 1. The van der Waals surface area contributed by atoms with Crippen LogP contribution in [0.2, 0.25) is 0 Å². The molecule has 0 aliphatic heterocycles. The molecule has 4 rings (SSSR count). The van der Waals surface area contributed by atoms with Crippen LogP contribution in [0.15, 0.2) is 35.3 Å². The first-order chi connectivity index (χ1) is 14.9. The van der Waals surface area contributed by atoms with Crippen molar-refractivity contribution >= 4 is 22.6 Å². The zero-order valence-electron chi connectivity index (χ0n) is 17.9. The fourth-order valence-corrected chi connectivity index (χ4v) is 4.45. The lowest BCUT2D eigenvalue weighted by Crippen LogP contribution is -2.38. The highest BCUT2D eigenvalue weighted by molar-refractivity contribution is 6.00. The lowest BCUT2D eigenvalue weighted by atomic mass is 9.95. The topological polar surface area (TPSA) is 98.9 Å². The number of nitrogens with one attached hydrogen (secondary N) is 1. The van der Waals surface area contributed by atoms with Gasteiger partial charge in [0.15, 0.2) is 5.78 Å². The number of hydrogen-bond donors (Lipinski definition) is 1. The van der Waals surface area contributed by atoms with Crippen molar-refractivity contribution in [1.82, 2.24) is 24.9 Å². The van der Waals surface area contributed by atoms with Gasteiger partial charge in [0.25, 0.3) is 5.56 Å². The van der Waals surface area contributed by atoms with Gasteiger partial charge in [-0.05, 0) is 38.3 Å². The van der Waals surface area contributed by atoms with Gasteiger partial charge in [-0.15, -0.1) is 5.10 Å². The fourth-order valence-electron chi connectivity index (χ4n) is 4.45. The van der Waals surface area contributed by atoms with Crippen molar-refractivity contribution in [3.05, 3.63) is 57.6 Å². The van der Waals surface area contributed by atoms with E-state index < -0.39 is 0 Å². The lowest BCUT2D eigenvalue weighted by molar-refractivity contribution is -0.122. The number of carbonyl (C=O) groups excluding carboxylic acids is 2. The molecule has 1 fully saturated rings. The largest absolute Gasteiger partial charge is 0.352 e. The molecule has 0 spiro atoms. The molecule has 1 N–H and O–H groups in total. The number of rotatable bonds is 6. The molecule has 8 nitrogen and oxygen atoms in total. The van der Waals surface area contributed by atoms with Crippen LogP contribution in [0.25, 0.3) is 10.9 Å². The van der Waals surface area contributed by atoms with Crippen LogP contribution in [0.4, 0.5) is 0 Å². The van der Waals surface area contributed by atoms with E-state index in [0.717, 1.165) is 36.6 Å². The second kappa shape index (κ2) is 8.83. The van der Waals surface area contributed by atoms with Crippen LogP contribution in [0.3, 0.4) is 0 Å². The third kappa shape index (κ3) is 4.42. The van der Waals surface area contributed by atoms with Crippen LogP contribution in [-0.4, -0.2) is 37.3 Å². The Balaban J connectivity index is 1.56. The SMILES string of the molecule is CC(=O)c1c(C)c2ccccc2n(Cc2cn(CC(=O)NC3CCCCC3)nn2)c1=O. The Bertz CT molecular complexity index is 1190. The minimum Gasteiger partial charge on any atom is -0.352 e. The summed E-state index contributed by atoms with van der Waals surface area (Å²) in [5.41, 5.74) is 1.83. The van der Waals surface area contributed by atoms with Gasteiger partial charge in [-0.25, -0.2) is 4.68 Å². The zero-order chi connectivity index (χ0) is 22.0. The third-order valence-electron chi connectivity index (χ3n) is 5.97. The maximum atomic E-state index is 13.1. The van der Waals surface area contributed by atoms with Gasteiger partial charge in [0.1, 0.15) is 12.2 Å². The normalized spacial score (nSPS) is 14.6. The number of nitrogens with zero attached hydrogens (tertiary/aromatic N) is 4. The molecule has 0 atom stereocenters. The number of ketones is 1. The summed E-state index contributed by atoms with van der Waals surface area (Å²) in [4.78, 5) is 37.6. The fraction of sp³-hybridized carbons (Fsp3) is 0.435. The molecule has 8 heteroatoms. The van der Waals surface area contributed by atoms with Gasteiger partial charge in [0.05, 0.1) is 23.8 Å². The Kier molecular flexibility index (Phi) is 5.97. The second-order valence-electron chi connectivity index (χ2n) is 8.27. The van der Waals surface area contributed by atoms with Crippen LogP contribution in [0, 0.1) is 6.92 Å². The summed E-state index contributed by atoms with van der Waals surface area (Å²) in [6.07, 6.45) is 7.26. The number of para-hydroxylation sites is 1. The van der Waals surface area contributed by atoms with E-state index in [1.807, 2.05) is 24.3 Å². The predicted octanol–water partition coefficient (Wildman–Crippen LogP) is 2.60. The Morgan fingerprint density at radius 3 is 2.65 bits per heavy atom. The molecular weight excluding hydrogens is 394 g/mol. The van der Waals surface area contributed by atoms with E-state index >= 15 is 0 Å². The first kappa shape index (κ1) is 21.0. The lowest BCUT2D eigenvalue weighted by Gasteiger charge is -2.22. The molecule has 2 heterocycles. The van der Waals surface area contributed by atoms with Crippen LogP contribution < -0.4 is 10.9 Å². The monoisotopic (exact) mass is 421 g/mol. The third-order valence-corrected chi connectivity index (χ3v) is 5.97. The average Bonchev–Trinajstić information content (AvgIpc) is 3.18. The molecule has 1 saturated carbocycles. The van der Waals surface area contributed by atoms with E-state index in [9.17, 15) is 14.4 Å². The van der Waals surface area contributed by atoms with Gasteiger partial charge < -0.3 is 9.88 Å². The standard InChI is InChI=1S/C23H27N5O3/c1-15-19-10-6-7-11-20(19)28(23(31)22(15)16(2)29)13-18-12-27(26-25-18)14-21(30)24-17-8-4-3-5-9-17/h6-7,10-12,17H,3-5,8-9,13-14H2,1-2H3,(H,24,30). The van der Waals surface area contributed by atoms with Gasteiger partial charge in [0.2, 0.25) is 5.91 Å². The maximum Gasteiger partial charge on any atom is 0.262 e. The molecule has 1 aliphatic carbocycles. The van der Waals surface area contributed by atoms with Crippen LogP contribution in [0.5, 0.6) is 0 Å². The molecule has 0 unspecified atom stereocenters. The molecular formula is C23H27N5O3. The van der Waals surface area contributed by atoms with E-state index in [0.29, 0.717) is 11.3 Å². The van der Waals surface area contributed by atoms with Gasteiger partial charge in [-0.1, -0.05) is 42.7 Å². The van der Waals surface area contributed by atoms with E-state index in [2.05, 4.69) is 15.6 Å². The summed E-state index contributed by atoms with van der Waals surface area (Å²) in [6.45, 7) is 3.46. The van der Waals surface area contributed by atoms with Gasteiger partial charge in [0, 0.05) is 11.4 Å². The number of amides is 1. The van der Waals surface area contributed by atoms with Crippen molar-refractivity contribution in [3.63, 3.8) is 0 Å². The summed E-state index contributed by atoms with van der Waals surface area (Å²) in [6, 6.07) is 7.74. The number of carbonyl (C=O) groups is 2. The molecule has 3 aromatic rings. The van der Waals surface area contributed by atoms with Crippen LogP contribution in [-0.2, 0) is 17.9 Å². The minimum absolute atomic E-state index is 0.0832. The molecule has 1 aliphatic rings. The molecule has 0 bridgehead atoms. The summed E-state index contributed by atoms with van der Waals surface area (Å²) < 4.78 is 3.04. The molecule has 0 saturated heterocycles. The number of benzene rings is 1. The van der Waals surface area contributed by atoms with Crippen molar-refractivity contribution in [1.29, 1.82) is 0 Å². The molecule has 1 aromatic carbocycles. The van der Waals surface area contributed by atoms with E-state index in [-0.39, 0.29) is 41.9 Å². The van der Waals surface area contributed by atoms with E-state index in [1.165, 1.54) is 18.0 Å². The number of fused-ring (bicyclic) bond motifs is 1. The quantitative estimate of drug-likeness (QED) is 0.617. The highest BCUT2D eigenvalue weighted by Gasteiger charge is 2.19. The van der Waals surface area contributed by atoms with Gasteiger partial charge in [-0.3, -0.25) is 14.4 Å². The van der Waals surface area contributed by atoms with Crippen molar-refractivity contribution in [3.8, 4) is 0 Å². The average molecular weight is 422 g/mol. The Morgan fingerprint density at radius 2 is 1.90 bits per heavy atom. The van der Waals surface area contributed by atoms with E-state index in [4.69, 9.17) is 0 Å².